The van der Waals surface area contributed by atoms with Crippen LogP contribution in [0.3, 0.4) is 0 Å². The van der Waals surface area contributed by atoms with Gasteiger partial charge in [0.15, 0.2) is 11.2 Å². The Bertz CT molecular complexity index is 502. The maximum absolute atomic E-state index is 13.7. The molecule has 2 bridgehead atoms. The van der Waals surface area contributed by atoms with E-state index < -0.39 is 11.4 Å². The maximum Gasteiger partial charge on any atom is 0.330 e. The van der Waals surface area contributed by atoms with Crippen molar-refractivity contribution in [3.63, 3.8) is 0 Å². The molecule has 2 saturated heterocycles. The number of alkyl halides is 3. The summed E-state index contributed by atoms with van der Waals surface area (Å²) in [5.41, 5.74) is 0. The van der Waals surface area contributed by atoms with Gasteiger partial charge < -0.3 is 4.74 Å². The molecule has 118 valence electrons. The van der Waals surface area contributed by atoms with Gasteiger partial charge in [0.1, 0.15) is 6.10 Å². The summed E-state index contributed by atoms with van der Waals surface area (Å²) < 4.78 is 54.2. The Morgan fingerprint density at radius 3 is 2.90 bits per heavy atom. The van der Waals surface area contributed by atoms with Crippen molar-refractivity contribution in [2.45, 2.75) is 42.3 Å². The molecule has 0 aromatic carbocycles. The molecule has 0 saturated carbocycles. The van der Waals surface area contributed by atoms with Crippen molar-refractivity contribution in [2.24, 2.45) is 5.92 Å². The molecule has 1 aromatic rings. The summed E-state index contributed by atoms with van der Waals surface area (Å²) in [6.45, 7) is 4.24. The minimum atomic E-state index is -3.51. The molecule has 2 aliphatic heterocycles. The summed E-state index contributed by atoms with van der Waals surface area (Å²) in [4.78, 5) is 2.28. The molecule has 2 aliphatic rings. The molecule has 3 rings (SSSR count). The topological polar surface area (TPSA) is 38.3 Å². The first kappa shape index (κ1) is 15.4. The van der Waals surface area contributed by atoms with Gasteiger partial charge in [-0.3, -0.25) is 4.90 Å². The molecule has 21 heavy (non-hydrogen) atoms. The summed E-state index contributed by atoms with van der Waals surface area (Å²) in [6, 6.07) is 0. The van der Waals surface area contributed by atoms with Gasteiger partial charge in [-0.15, -0.1) is 4.37 Å². The molecular weight excluding hydrogens is 323 g/mol. The Morgan fingerprint density at radius 2 is 2.29 bits per heavy atom. The van der Waals surface area contributed by atoms with Gasteiger partial charge in [-0.2, -0.15) is 13.2 Å². The second-order valence-electron chi connectivity index (χ2n) is 5.38. The van der Waals surface area contributed by atoms with Crippen LogP contribution in [0.5, 0.6) is 5.88 Å². The molecule has 0 N–H and O–H groups in total. The maximum atomic E-state index is 13.7. The molecule has 0 spiro atoms. The van der Waals surface area contributed by atoms with Gasteiger partial charge in [0, 0.05) is 19.0 Å². The van der Waals surface area contributed by atoms with Crippen LogP contribution in [0, 0.1) is 5.92 Å². The predicted octanol–water partition coefficient (Wildman–Crippen LogP) is 3.05. The highest BCUT2D eigenvalue weighted by Gasteiger charge is 2.44. The van der Waals surface area contributed by atoms with Crippen LogP contribution in [-0.2, 0) is 0 Å². The third-order valence-electron chi connectivity index (χ3n) is 3.92. The number of aromatic nitrogens is 2. The predicted molar refractivity (Wildman–Crippen MR) is 74.9 cm³/mol. The van der Waals surface area contributed by atoms with Gasteiger partial charge in [0.2, 0.25) is 0 Å². The largest absolute Gasteiger partial charge is 0.470 e. The van der Waals surface area contributed by atoms with Crippen LogP contribution in [-0.4, -0.2) is 50.8 Å². The van der Waals surface area contributed by atoms with E-state index in [0.717, 1.165) is 37.8 Å². The molecule has 4 nitrogen and oxygen atoms in total. The third kappa shape index (κ3) is 3.14. The zero-order valence-corrected chi connectivity index (χ0v) is 13.1. The minimum Gasteiger partial charge on any atom is -0.470 e. The summed E-state index contributed by atoms with van der Waals surface area (Å²) in [6.07, 6.45) is -1.41. The van der Waals surface area contributed by atoms with Crippen LogP contribution in [0.25, 0.3) is 0 Å². The third-order valence-corrected chi connectivity index (χ3v) is 5.54. The van der Waals surface area contributed by atoms with E-state index in [-0.39, 0.29) is 35.2 Å². The van der Waals surface area contributed by atoms with Gasteiger partial charge in [-0.1, -0.05) is 6.92 Å². The van der Waals surface area contributed by atoms with E-state index in [2.05, 4.69) is 13.6 Å². The SMILES string of the molecule is CCC(F)C(F)(F)Sc1nsnc1OC1CN2CCC1C2. The monoisotopic (exact) mass is 339 g/mol. The second kappa shape index (κ2) is 5.92. The fraction of sp³-hybridized carbons (Fsp3) is 0.833. The zero-order valence-electron chi connectivity index (χ0n) is 11.5. The molecule has 4 atom stereocenters. The van der Waals surface area contributed by atoms with Crippen LogP contribution in [0.1, 0.15) is 19.8 Å². The highest BCUT2D eigenvalue weighted by Crippen LogP contribution is 2.44. The summed E-state index contributed by atoms with van der Waals surface area (Å²) in [7, 11) is 0. The van der Waals surface area contributed by atoms with Gasteiger partial charge in [0.25, 0.3) is 5.88 Å². The average Bonchev–Trinajstić information content (AvgIpc) is 3.15. The van der Waals surface area contributed by atoms with Gasteiger partial charge >= 0.3 is 5.25 Å². The number of ether oxygens (including phenoxy) is 1. The van der Waals surface area contributed by atoms with E-state index >= 15 is 0 Å². The fourth-order valence-electron chi connectivity index (χ4n) is 2.75. The number of nitrogens with zero attached hydrogens (tertiary/aromatic N) is 3. The van der Waals surface area contributed by atoms with Crippen LogP contribution >= 0.6 is 23.5 Å². The van der Waals surface area contributed by atoms with E-state index in [0.29, 0.717) is 5.92 Å². The molecule has 3 heterocycles. The van der Waals surface area contributed by atoms with Crippen molar-refractivity contribution >= 4 is 23.5 Å². The lowest BCUT2D eigenvalue weighted by molar-refractivity contribution is 0.0129. The minimum absolute atomic E-state index is 0.0149. The van der Waals surface area contributed by atoms with Gasteiger partial charge in [-0.05, 0) is 31.1 Å². The van der Waals surface area contributed by atoms with Crippen molar-refractivity contribution < 1.29 is 17.9 Å². The summed E-state index contributed by atoms with van der Waals surface area (Å²) in [5.74, 6) is 0.543. The lowest BCUT2D eigenvalue weighted by Crippen LogP contribution is -2.32. The van der Waals surface area contributed by atoms with Crippen molar-refractivity contribution in [3.05, 3.63) is 0 Å². The van der Waals surface area contributed by atoms with E-state index in [4.69, 9.17) is 4.74 Å². The Kier molecular flexibility index (Phi) is 4.33. The van der Waals surface area contributed by atoms with Gasteiger partial charge in [0.05, 0.1) is 11.7 Å². The number of fused-ring (bicyclic) bond motifs is 2. The van der Waals surface area contributed by atoms with E-state index in [1.54, 1.807) is 0 Å². The van der Waals surface area contributed by atoms with Crippen LogP contribution in [0.2, 0.25) is 0 Å². The molecule has 1 aromatic heterocycles. The molecular formula is C12H16F3N3OS2. The highest BCUT2D eigenvalue weighted by molar-refractivity contribution is 8.00. The number of piperidine rings is 1. The summed E-state index contributed by atoms with van der Waals surface area (Å²) in [5, 5.41) is -3.53. The Hall–Kier alpha value is -0.540. The number of hydrogen-bond acceptors (Lipinski definition) is 6. The smallest absolute Gasteiger partial charge is 0.330 e. The Morgan fingerprint density at radius 1 is 1.48 bits per heavy atom. The molecule has 0 amide bonds. The number of rotatable bonds is 6. The van der Waals surface area contributed by atoms with Crippen LogP contribution in [0.15, 0.2) is 5.03 Å². The standard InChI is InChI=1S/C12H16F3N3OS2/c1-2-9(13)12(14,15)20-11-10(16-21-17-11)19-8-6-18-4-3-7(8)5-18/h7-9H,2-6H2,1H3. The molecule has 0 radical (unpaired) electrons. The first-order valence-corrected chi connectivity index (χ1v) is 8.46. The fourth-order valence-corrected chi connectivity index (χ4v) is 4.19. The van der Waals surface area contributed by atoms with Crippen molar-refractivity contribution in [1.82, 2.24) is 13.6 Å². The second-order valence-corrected chi connectivity index (χ2v) is 7.04. The lowest BCUT2D eigenvalue weighted by Gasteiger charge is -2.23. The molecule has 2 fully saturated rings. The van der Waals surface area contributed by atoms with Crippen molar-refractivity contribution in [2.75, 3.05) is 19.6 Å². The zero-order chi connectivity index (χ0) is 15.0. The van der Waals surface area contributed by atoms with Crippen LogP contribution < -0.4 is 4.74 Å². The number of halogens is 3. The normalized spacial score (nSPS) is 29.8. The summed E-state index contributed by atoms with van der Waals surface area (Å²) >= 11 is 0.920. The number of hydrogen-bond donors (Lipinski definition) is 0. The van der Waals surface area contributed by atoms with E-state index in [1.165, 1.54) is 6.92 Å². The highest BCUT2D eigenvalue weighted by atomic mass is 32.2. The number of thioether (sulfide) groups is 1. The van der Waals surface area contributed by atoms with Crippen molar-refractivity contribution in [1.29, 1.82) is 0 Å². The quantitative estimate of drug-likeness (QED) is 0.745. The first-order valence-electron chi connectivity index (χ1n) is 6.92. The van der Waals surface area contributed by atoms with E-state index in [9.17, 15) is 13.2 Å². The Labute approximate surface area is 129 Å². The first-order chi connectivity index (χ1) is 9.99. The van der Waals surface area contributed by atoms with Crippen molar-refractivity contribution in [3.8, 4) is 5.88 Å². The molecule has 9 heteroatoms. The lowest BCUT2D eigenvalue weighted by atomic mass is 10.0. The average molecular weight is 339 g/mol. The molecule has 4 unspecified atom stereocenters. The Balaban J connectivity index is 1.67. The van der Waals surface area contributed by atoms with E-state index in [1.807, 2.05) is 0 Å². The molecule has 0 aliphatic carbocycles. The van der Waals surface area contributed by atoms with Crippen LogP contribution in [0.4, 0.5) is 13.2 Å². The van der Waals surface area contributed by atoms with Gasteiger partial charge in [-0.25, -0.2) is 4.39 Å².